The molecule has 23 heavy (non-hydrogen) atoms. The number of rotatable bonds is 7. The molecule has 5 nitrogen and oxygen atoms in total. The number of methoxy groups -OCH3 is 1. The summed E-state index contributed by atoms with van der Waals surface area (Å²) in [5, 5.41) is 19.5. The monoisotopic (exact) mass is 322 g/mol. The van der Waals surface area contributed by atoms with Crippen LogP contribution in [0, 0.1) is 5.92 Å². The third kappa shape index (κ3) is 5.09. The van der Waals surface area contributed by atoms with Crippen molar-refractivity contribution < 1.29 is 14.9 Å². The molecule has 1 aromatic rings. The molecule has 130 valence electrons. The van der Waals surface area contributed by atoms with Gasteiger partial charge in [0.2, 0.25) is 0 Å². The Bertz CT molecular complexity index is 493. The predicted octanol–water partition coefficient (Wildman–Crippen LogP) is 1.93. The highest BCUT2D eigenvalue weighted by molar-refractivity contribution is 5.39. The first-order chi connectivity index (χ1) is 11.0. The number of aromatic hydroxyl groups is 1. The number of nitrogens with zero attached hydrogens (tertiary/aromatic N) is 2. The number of hydrogen-bond acceptors (Lipinski definition) is 5. The molecule has 1 unspecified atom stereocenters. The minimum Gasteiger partial charge on any atom is -0.507 e. The second-order valence-corrected chi connectivity index (χ2v) is 6.78. The van der Waals surface area contributed by atoms with Crippen molar-refractivity contribution in [3.05, 3.63) is 23.8 Å². The van der Waals surface area contributed by atoms with E-state index in [-0.39, 0.29) is 12.4 Å². The van der Waals surface area contributed by atoms with Gasteiger partial charge in [-0.15, -0.1) is 0 Å². The van der Waals surface area contributed by atoms with Crippen molar-refractivity contribution in [3.63, 3.8) is 0 Å². The van der Waals surface area contributed by atoms with E-state index in [1.807, 2.05) is 12.1 Å². The maximum Gasteiger partial charge on any atom is 0.123 e. The van der Waals surface area contributed by atoms with Crippen LogP contribution in [-0.4, -0.2) is 66.0 Å². The molecule has 0 aromatic heterocycles. The number of hydrogen-bond donors (Lipinski definition) is 2. The minimum absolute atomic E-state index is 0.223. The lowest BCUT2D eigenvalue weighted by molar-refractivity contribution is 0.0473. The van der Waals surface area contributed by atoms with Gasteiger partial charge in [-0.1, -0.05) is 19.9 Å². The average Bonchev–Trinajstić information content (AvgIpc) is 2.51. The normalized spacial score (nSPS) is 20.1. The Kier molecular flexibility index (Phi) is 6.69. The fourth-order valence-electron chi connectivity index (χ4n) is 3.28. The van der Waals surface area contributed by atoms with Gasteiger partial charge in [-0.2, -0.15) is 0 Å². The van der Waals surface area contributed by atoms with Crippen LogP contribution in [0.25, 0.3) is 0 Å². The molecule has 0 bridgehead atoms. The zero-order chi connectivity index (χ0) is 16.8. The molecule has 1 aromatic carbocycles. The third-order valence-corrected chi connectivity index (χ3v) is 4.44. The van der Waals surface area contributed by atoms with Crippen molar-refractivity contribution in [2.75, 3.05) is 39.9 Å². The Hall–Kier alpha value is -1.30. The van der Waals surface area contributed by atoms with Crippen LogP contribution in [0.1, 0.15) is 25.8 Å². The van der Waals surface area contributed by atoms with Crippen LogP contribution < -0.4 is 4.74 Å². The van der Waals surface area contributed by atoms with Crippen LogP contribution >= 0.6 is 0 Å². The Labute approximate surface area is 139 Å². The Morgan fingerprint density at radius 3 is 2.70 bits per heavy atom. The van der Waals surface area contributed by atoms with E-state index in [4.69, 9.17) is 4.74 Å². The lowest BCUT2D eigenvalue weighted by atomic mass is 10.0. The molecule has 0 aliphatic carbocycles. The number of phenolic OH excluding ortho intramolecular Hbond substituents is 1. The molecular formula is C18H30N2O3. The number of aliphatic hydroxyl groups is 1. The minimum atomic E-state index is 0.223. The smallest absolute Gasteiger partial charge is 0.123 e. The zero-order valence-corrected chi connectivity index (χ0v) is 14.5. The van der Waals surface area contributed by atoms with Gasteiger partial charge in [0, 0.05) is 57.0 Å². The van der Waals surface area contributed by atoms with Crippen molar-refractivity contribution in [2.24, 2.45) is 5.92 Å². The summed E-state index contributed by atoms with van der Waals surface area (Å²) in [6.07, 6.45) is 0.803. The first-order valence-electron chi connectivity index (χ1n) is 8.46. The van der Waals surface area contributed by atoms with Crippen molar-refractivity contribution in [1.29, 1.82) is 0 Å². The molecule has 0 radical (unpaired) electrons. The summed E-state index contributed by atoms with van der Waals surface area (Å²) >= 11 is 0. The predicted molar refractivity (Wildman–Crippen MR) is 91.8 cm³/mol. The summed E-state index contributed by atoms with van der Waals surface area (Å²) < 4.78 is 5.13. The first kappa shape index (κ1) is 18.0. The van der Waals surface area contributed by atoms with Crippen molar-refractivity contribution >= 4 is 0 Å². The first-order valence-corrected chi connectivity index (χ1v) is 8.46. The largest absolute Gasteiger partial charge is 0.507 e. The standard InChI is InChI=1S/C18H30N2O3/c1-14(2)11-20-8-7-19(13-16(20)6-9-21)12-15-4-5-17(23-3)10-18(15)22/h4-5,10,14,16,21-22H,6-9,11-13H2,1-3H3. The molecule has 1 aliphatic rings. The summed E-state index contributed by atoms with van der Waals surface area (Å²) in [5.41, 5.74) is 0.922. The molecule has 5 heteroatoms. The van der Waals surface area contributed by atoms with Crippen LogP contribution in [0.15, 0.2) is 18.2 Å². The quantitative estimate of drug-likeness (QED) is 0.803. The van der Waals surface area contributed by atoms with E-state index in [9.17, 15) is 10.2 Å². The van der Waals surface area contributed by atoms with Gasteiger partial charge in [-0.25, -0.2) is 0 Å². The Morgan fingerprint density at radius 2 is 2.09 bits per heavy atom. The second kappa shape index (κ2) is 8.52. The maximum atomic E-state index is 10.1. The lowest BCUT2D eigenvalue weighted by Gasteiger charge is -2.42. The van der Waals surface area contributed by atoms with Crippen LogP contribution in [0.2, 0.25) is 0 Å². The summed E-state index contributed by atoms with van der Waals surface area (Å²) in [6.45, 7) is 9.43. The fourth-order valence-corrected chi connectivity index (χ4v) is 3.28. The number of phenols is 1. The van der Waals surface area contributed by atoms with Crippen LogP contribution in [-0.2, 0) is 6.54 Å². The van der Waals surface area contributed by atoms with Crippen LogP contribution in [0.5, 0.6) is 11.5 Å². The van der Waals surface area contributed by atoms with Crippen LogP contribution in [0.3, 0.4) is 0 Å². The van der Waals surface area contributed by atoms with E-state index in [2.05, 4.69) is 23.6 Å². The number of benzene rings is 1. The lowest BCUT2D eigenvalue weighted by Crippen LogP contribution is -2.53. The molecule has 2 rings (SSSR count). The molecule has 1 fully saturated rings. The summed E-state index contributed by atoms with van der Waals surface area (Å²) in [7, 11) is 1.60. The molecule has 1 saturated heterocycles. The topological polar surface area (TPSA) is 56.2 Å². The molecule has 2 N–H and O–H groups in total. The Morgan fingerprint density at radius 1 is 1.30 bits per heavy atom. The van der Waals surface area contributed by atoms with Gasteiger partial charge in [-0.3, -0.25) is 9.80 Å². The molecule has 1 heterocycles. The van der Waals surface area contributed by atoms with E-state index in [0.29, 0.717) is 17.7 Å². The van der Waals surface area contributed by atoms with E-state index in [1.54, 1.807) is 13.2 Å². The zero-order valence-electron chi connectivity index (χ0n) is 14.5. The highest BCUT2D eigenvalue weighted by atomic mass is 16.5. The number of aliphatic hydroxyl groups excluding tert-OH is 1. The highest BCUT2D eigenvalue weighted by Crippen LogP contribution is 2.26. The van der Waals surface area contributed by atoms with Gasteiger partial charge >= 0.3 is 0 Å². The van der Waals surface area contributed by atoms with Crippen molar-refractivity contribution in [1.82, 2.24) is 9.80 Å². The number of piperazine rings is 1. The van der Waals surface area contributed by atoms with Crippen molar-refractivity contribution in [2.45, 2.75) is 32.9 Å². The number of ether oxygens (including phenoxy) is 1. The van der Waals surface area contributed by atoms with Gasteiger partial charge in [0.1, 0.15) is 11.5 Å². The van der Waals surface area contributed by atoms with Gasteiger partial charge < -0.3 is 14.9 Å². The third-order valence-electron chi connectivity index (χ3n) is 4.44. The molecular weight excluding hydrogens is 292 g/mol. The SMILES string of the molecule is COc1ccc(CN2CCN(CC(C)C)C(CCO)C2)c(O)c1. The van der Waals surface area contributed by atoms with Gasteiger partial charge in [-0.05, 0) is 18.4 Å². The molecule has 0 amide bonds. The average molecular weight is 322 g/mol. The van der Waals surface area contributed by atoms with Gasteiger partial charge in [0.25, 0.3) is 0 Å². The van der Waals surface area contributed by atoms with Gasteiger partial charge in [0.15, 0.2) is 0 Å². The van der Waals surface area contributed by atoms with Gasteiger partial charge in [0.05, 0.1) is 7.11 Å². The molecule has 1 atom stereocenters. The second-order valence-electron chi connectivity index (χ2n) is 6.78. The van der Waals surface area contributed by atoms with Crippen LogP contribution in [0.4, 0.5) is 0 Å². The summed E-state index contributed by atoms with van der Waals surface area (Å²) in [6, 6.07) is 5.86. The van der Waals surface area contributed by atoms with E-state index >= 15 is 0 Å². The Balaban J connectivity index is 1.99. The molecule has 1 aliphatic heterocycles. The maximum absolute atomic E-state index is 10.1. The highest BCUT2D eigenvalue weighted by Gasteiger charge is 2.27. The van der Waals surface area contributed by atoms with E-state index in [0.717, 1.165) is 44.7 Å². The summed E-state index contributed by atoms with van der Waals surface area (Å²) in [4.78, 5) is 4.85. The summed E-state index contributed by atoms with van der Waals surface area (Å²) in [5.74, 6) is 1.59. The van der Waals surface area contributed by atoms with E-state index < -0.39 is 0 Å². The van der Waals surface area contributed by atoms with Crippen molar-refractivity contribution in [3.8, 4) is 11.5 Å². The molecule has 0 spiro atoms. The fraction of sp³-hybridized carbons (Fsp3) is 0.667. The van der Waals surface area contributed by atoms with E-state index in [1.165, 1.54) is 0 Å². The molecule has 0 saturated carbocycles.